The van der Waals surface area contributed by atoms with Crippen LogP contribution < -0.4 is 10.2 Å². The Hall–Kier alpha value is -2.34. The quantitative estimate of drug-likeness (QED) is 0.783. The number of aliphatic hydroxyl groups excluding tert-OH is 1. The second-order valence-corrected chi connectivity index (χ2v) is 6.23. The van der Waals surface area contributed by atoms with Gasteiger partial charge in [0.05, 0.1) is 6.10 Å². The fraction of sp³-hybridized carbons (Fsp3) is 0.444. The Morgan fingerprint density at radius 2 is 1.96 bits per heavy atom. The minimum Gasteiger partial charge on any atom is -0.508 e. The molecule has 3 rings (SSSR count). The number of nitrogens with zero attached hydrogens (tertiary/aromatic N) is 3. The summed E-state index contributed by atoms with van der Waals surface area (Å²) in [5.74, 6) is 1.61. The number of nitrogens with one attached hydrogen (secondary N) is 1. The number of aliphatic hydroxyl groups is 1. The highest BCUT2D eigenvalue weighted by Crippen LogP contribution is 2.21. The van der Waals surface area contributed by atoms with Crippen molar-refractivity contribution in [3.05, 3.63) is 41.6 Å². The highest BCUT2D eigenvalue weighted by molar-refractivity contribution is 5.44. The van der Waals surface area contributed by atoms with Crippen molar-refractivity contribution in [1.29, 1.82) is 0 Å². The van der Waals surface area contributed by atoms with Gasteiger partial charge in [0.2, 0.25) is 5.95 Å². The highest BCUT2D eigenvalue weighted by atomic mass is 16.3. The van der Waals surface area contributed by atoms with E-state index in [1.807, 2.05) is 13.0 Å². The van der Waals surface area contributed by atoms with Gasteiger partial charge in [0.15, 0.2) is 0 Å². The van der Waals surface area contributed by atoms with Crippen LogP contribution in [-0.2, 0) is 0 Å². The highest BCUT2D eigenvalue weighted by Gasteiger charge is 2.15. The van der Waals surface area contributed by atoms with Crippen LogP contribution in [0.2, 0.25) is 0 Å². The van der Waals surface area contributed by atoms with Crippen LogP contribution in [0.25, 0.3) is 0 Å². The molecule has 1 aromatic heterocycles. The van der Waals surface area contributed by atoms with Crippen molar-refractivity contribution in [2.45, 2.75) is 32.3 Å². The fourth-order valence-corrected chi connectivity index (χ4v) is 2.93. The van der Waals surface area contributed by atoms with E-state index < -0.39 is 6.10 Å². The first-order valence-electron chi connectivity index (χ1n) is 8.43. The summed E-state index contributed by atoms with van der Waals surface area (Å²) in [4.78, 5) is 11.3. The number of anilines is 2. The zero-order valence-electron chi connectivity index (χ0n) is 13.9. The van der Waals surface area contributed by atoms with Gasteiger partial charge in [0.25, 0.3) is 0 Å². The van der Waals surface area contributed by atoms with Crippen molar-refractivity contribution in [2.24, 2.45) is 0 Å². The third kappa shape index (κ3) is 4.14. The summed E-state index contributed by atoms with van der Waals surface area (Å²) >= 11 is 0. The molecule has 128 valence electrons. The van der Waals surface area contributed by atoms with Crippen LogP contribution in [0.5, 0.6) is 5.75 Å². The van der Waals surface area contributed by atoms with E-state index in [1.165, 1.54) is 19.3 Å². The molecule has 1 fully saturated rings. The van der Waals surface area contributed by atoms with E-state index in [2.05, 4.69) is 20.2 Å². The molecular formula is C18H24N4O2. The first kappa shape index (κ1) is 16.5. The lowest BCUT2D eigenvalue weighted by molar-refractivity contribution is 0.191. The Bertz CT molecular complexity index is 686. The van der Waals surface area contributed by atoms with Crippen molar-refractivity contribution >= 4 is 11.8 Å². The number of phenols is 1. The molecule has 0 spiro atoms. The van der Waals surface area contributed by atoms with E-state index in [0.717, 1.165) is 24.7 Å². The molecule has 1 unspecified atom stereocenters. The van der Waals surface area contributed by atoms with E-state index in [0.29, 0.717) is 17.9 Å². The number of piperidine rings is 1. The molecule has 0 radical (unpaired) electrons. The van der Waals surface area contributed by atoms with Gasteiger partial charge in [-0.2, -0.15) is 4.98 Å². The molecule has 24 heavy (non-hydrogen) atoms. The maximum atomic E-state index is 10.3. The van der Waals surface area contributed by atoms with Crippen LogP contribution in [0, 0.1) is 6.92 Å². The normalized spacial score (nSPS) is 16.0. The minimum atomic E-state index is -0.717. The smallest absolute Gasteiger partial charge is 0.227 e. The maximum absolute atomic E-state index is 10.3. The summed E-state index contributed by atoms with van der Waals surface area (Å²) < 4.78 is 0. The van der Waals surface area contributed by atoms with Crippen molar-refractivity contribution in [2.75, 3.05) is 29.9 Å². The molecule has 6 heteroatoms. The van der Waals surface area contributed by atoms with Crippen molar-refractivity contribution in [3.8, 4) is 5.75 Å². The molecule has 0 amide bonds. The van der Waals surface area contributed by atoms with Gasteiger partial charge in [-0.05, 0) is 43.9 Å². The third-order valence-corrected chi connectivity index (χ3v) is 4.21. The Balaban J connectivity index is 1.67. The summed E-state index contributed by atoms with van der Waals surface area (Å²) in [6, 6.07) is 8.54. The summed E-state index contributed by atoms with van der Waals surface area (Å²) in [5.41, 5.74) is 1.57. The molecule has 0 saturated carbocycles. The topological polar surface area (TPSA) is 81.5 Å². The van der Waals surface area contributed by atoms with Crippen molar-refractivity contribution in [1.82, 2.24) is 9.97 Å². The lowest BCUT2D eigenvalue weighted by atomic mass is 10.1. The molecule has 1 aliphatic heterocycles. The van der Waals surface area contributed by atoms with Crippen LogP contribution in [0.4, 0.5) is 11.8 Å². The monoisotopic (exact) mass is 328 g/mol. The maximum Gasteiger partial charge on any atom is 0.227 e. The number of hydrogen-bond acceptors (Lipinski definition) is 6. The van der Waals surface area contributed by atoms with Crippen LogP contribution in [0.1, 0.15) is 36.6 Å². The Morgan fingerprint density at radius 3 is 2.71 bits per heavy atom. The van der Waals surface area contributed by atoms with Crippen molar-refractivity contribution in [3.63, 3.8) is 0 Å². The predicted molar refractivity (Wildman–Crippen MR) is 94.4 cm³/mol. The second kappa shape index (κ2) is 7.49. The molecule has 2 heterocycles. The zero-order valence-corrected chi connectivity index (χ0v) is 13.9. The molecule has 2 aromatic rings. The first-order chi connectivity index (χ1) is 11.6. The van der Waals surface area contributed by atoms with Crippen LogP contribution in [0.3, 0.4) is 0 Å². The number of rotatable bonds is 5. The molecule has 0 bridgehead atoms. The molecule has 1 aromatic carbocycles. The van der Waals surface area contributed by atoms with Crippen LogP contribution in [0.15, 0.2) is 30.3 Å². The van der Waals surface area contributed by atoms with Gasteiger partial charge in [-0.25, -0.2) is 4.98 Å². The average molecular weight is 328 g/mol. The Labute approximate surface area is 142 Å². The van der Waals surface area contributed by atoms with Gasteiger partial charge in [-0.15, -0.1) is 0 Å². The van der Waals surface area contributed by atoms with Gasteiger partial charge in [0.1, 0.15) is 11.6 Å². The SMILES string of the molecule is Cc1cc(NCC(O)c2cccc(O)c2)nc(N2CCCCC2)n1. The van der Waals surface area contributed by atoms with E-state index in [4.69, 9.17) is 0 Å². The van der Waals surface area contributed by atoms with Crippen LogP contribution in [-0.4, -0.2) is 39.8 Å². The van der Waals surface area contributed by atoms with Crippen molar-refractivity contribution < 1.29 is 10.2 Å². The Morgan fingerprint density at radius 1 is 1.17 bits per heavy atom. The number of hydrogen-bond donors (Lipinski definition) is 3. The molecule has 0 aliphatic carbocycles. The van der Waals surface area contributed by atoms with Gasteiger partial charge in [0, 0.05) is 31.4 Å². The minimum absolute atomic E-state index is 0.150. The number of benzene rings is 1. The van der Waals surface area contributed by atoms with Crippen LogP contribution >= 0.6 is 0 Å². The summed E-state index contributed by atoms with van der Waals surface area (Å²) in [6.45, 7) is 4.26. The predicted octanol–water partition coefficient (Wildman–Crippen LogP) is 2.63. The summed E-state index contributed by atoms with van der Waals surface area (Å²) in [7, 11) is 0. The third-order valence-electron chi connectivity index (χ3n) is 4.21. The number of aromatic hydroxyl groups is 1. The first-order valence-corrected chi connectivity index (χ1v) is 8.43. The van der Waals surface area contributed by atoms with Gasteiger partial charge < -0.3 is 20.4 Å². The van der Waals surface area contributed by atoms with E-state index in [-0.39, 0.29) is 5.75 Å². The largest absolute Gasteiger partial charge is 0.508 e. The summed E-state index contributed by atoms with van der Waals surface area (Å²) in [5, 5.41) is 22.9. The lowest BCUT2D eigenvalue weighted by Crippen LogP contribution is -2.31. The second-order valence-electron chi connectivity index (χ2n) is 6.23. The van der Waals surface area contributed by atoms with Gasteiger partial charge in [-0.1, -0.05) is 12.1 Å². The number of phenolic OH excluding ortho intramolecular Hbond substituents is 1. The van der Waals surface area contributed by atoms with Gasteiger partial charge >= 0.3 is 0 Å². The fourth-order valence-electron chi connectivity index (χ4n) is 2.93. The molecule has 1 atom stereocenters. The molecule has 6 nitrogen and oxygen atoms in total. The molecule has 3 N–H and O–H groups in total. The lowest BCUT2D eigenvalue weighted by Gasteiger charge is -2.27. The zero-order chi connectivity index (χ0) is 16.9. The van der Waals surface area contributed by atoms with E-state index in [1.54, 1.807) is 24.3 Å². The molecule has 1 aliphatic rings. The molecular weight excluding hydrogens is 304 g/mol. The summed E-state index contributed by atoms with van der Waals surface area (Å²) in [6.07, 6.45) is 2.90. The average Bonchev–Trinajstić information content (AvgIpc) is 2.60. The standard InChI is InChI=1S/C18H24N4O2/c1-13-10-17(21-18(20-13)22-8-3-2-4-9-22)19-12-16(24)14-6-5-7-15(23)11-14/h5-7,10-11,16,23-24H,2-4,8-9,12H2,1H3,(H,19,20,21). The molecule has 1 saturated heterocycles. The number of aromatic nitrogens is 2. The van der Waals surface area contributed by atoms with E-state index in [9.17, 15) is 10.2 Å². The van der Waals surface area contributed by atoms with Gasteiger partial charge in [-0.3, -0.25) is 0 Å². The number of aryl methyl sites for hydroxylation is 1. The van der Waals surface area contributed by atoms with E-state index >= 15 is 0 Å². The Kier molecular flexibility index (Phi) is 5.15.